The highest BCUT2D eigenvalue weighted by Gasteiger charge is 2.39. The fourth-order valence-corrected chi connectivity index (χ4v) is 4.58. The van der Waals surface area contributed by atoms with Crippen LogP contribution >= 0.6 is 11.8 Å². The Hall–Kier alpha value is -1.00. The summed E-state index contributed by atoms with van der Waals surface area (Å²) in [5.41, 5.74) is 1.13. The first-order valence-corrected chi connectivity index (χ1v) is 8.97. The molecule has 2 N–H and O–H groups in total. The Kier molecular flexibility index (Phi) is 4.55. The number of carbonyl (C=O) groups is 1. The van der Waals surface area contributed by atoms with Crippen molar-refractivity contribution in [3.63, 3.8) is 0 Å². The number of thioether (sulfide) groups is 1. The lowest BCUT2D eigenvalue weighted by atomic mass is 9.75. The Balaban J connectivity index is 1.76. The number of fused-ring (bicyclic) bond motifs is 1. The van der Waals surface area contributed by atoms with Crippen LogP contribution in [0.2, 0.25) is 0 Å². The van der Waals surface area contributed by atoms with E-state index in [1.54, 1.807) is 0 Å². The fraction of sp³-hybridized carbons (Fsp3) is 0.588. The molecule has 2 aliphatic rings. The van der Waals surface area contributed by atoms with E-state index in [1.807, 2.05) is 11.8 Å². The molecule has 0 spiro atoms. The van der Waals surface area contributed by atoms with Crippen molar-refractivity contribution < 1.29 is 4.79 Å². The predicted molar refractivity (Wildman–Crippen MR) is 87.5 cm³/mol. The van der Waals surface area contributed by atoms with E-state index in [9.17, 15) is 4.79 Å². The van der Waals surface area contributed by atoms with Crippen molar-refractivity contribution in [3.8, 4) is 0 Å². The summed E-state index contributed by atoms with van der Waals surface area (Å²) in [5.74, 6) is 1.35. The van der Waals surface area contributed by atoms with Crippen molar-refractivity contribution >= 4 is 17.7 Å². The Morgan fingerprint density at radius 2 is 2.14 bits per heavy atom. The van der Waals surface area contributed by atoms with Crippen molar-refractivity contribution in [3.05, 3.63) is 29.8 Å². The van der Waals surface area contributed by atoms with Gasteiger partial charge in [0.05, 0.1) is 11.5 Å². The first-order valence-electron chi connectivity index (χ1n) is 7.98. The first-order chi connectivity index (χ1) is 10.2. The normalized spacial score (nSPS) is 24.1. The maximum atomic E-state index is 12.9. The van der Waals surface area contributed by atoms with Crippen molar-refractivity contribution in [2.75, 3.05) is 18.8 Å². The number of hydrogen-bond donors (Lipinski definition) is 2. The van der Waals surface area contributed by atoms with Gasteiger partial charge < -0.3 is 10.6 Å². The standard InChI is InChI=1S/C17H24N2OS/c1-2-17(8-10-18-11-9-17)16(20)19-14-7-12-21-15-6-4-3-5-13(14)15/h3-6,14,18H,2,7-12H2,1H3,(H,19,20). The Morgan fingerprint density at radius 1 is 1.38 bits per heavy atom. The molecule has 0 saturated carbocycles. The van der Waals surface area contributed by atoms with Crippen LogP contribution in [-0.4, -0.2) is 24.7 Å². The lowest BCUT2D eigenvalue weighted by Crippen LogP contribution is -2.48. The highest BCUT2D eigenvalue weighted by atomic mass is 32.2. The Labute approximate surface area is 131 Å². The van der Waals surface area contributed by atoms with Crippen molar-refractivity contribution in [1.82, 2.24) is 10.6 Å². The molecule has 2 aliphatic heterocycles. The van der Waals surface area contributed by atoms with Crippen LogP contribution in [0.25, 0.3) is 0 Å². The van der Waals surface area contributed by atoms with Gasteiger partial charge >= 0.3 is 0 Å². The molecule has 1 saturated heterocycles. The number of piperidine rings is 1. The second kappa shape index (κ2) is 6.41. The zero-order valence-corrected chi connectivity index (χ0v) is 13.5. The first kappa shape index (κ1) is 14.9. The lowest BCUT2D eigenvalue weighted by molar-refractivity contribution is -0.133. The Bertz CT molecular complexity index is 511. The zero-order chi connectivity index (χ0) is 14.7. The average molecular weight is 304 g/mol. The second-order valence-corrected chi connectivity index (χ2v) is 7.22. The molecular weight excluding hydrogens is 280 g/mol. The summed E-state index contributed by atoms with van der Waals surface area (Å²) in [6.07, 6.45) is 3.88. The molecule has 0 aliphatic carbocycles. The second-order valence-electron chi connectivity index (χ2n) is 6.08. The third kappa shape index (κ3) is 2.97. The number of nitrogens with one attached hydrogen (secondary N) is 2. The Morgan fingerprint density at radius 3 is 2.90 bits per heavy atom. The monoisotopic (exact) mass is 304 g/mol. The molecule has 1 fully saturated rings. The minimum atomic E-state index is -0.162. The summed E-state index contributed by atoms with van der Waals surface area (Å²) < 4.78 is 0. The van der Waals surface area contributed by atoms with Gasteiger partial charge in [-0.1, -0.05) is 25.1 Å². The van der Waals surface area contributed by atoms with Crippen molar-refractivity contribution in [2.45, 2.75) is 43.5 Å². The summed E-state index contributed by atoms with van der Waals surface area (Å²) in [4.78, 5) is 14.2. The minimum Gasteiger partial charge on any atom is -0.349 e. The van der Waals surface area contributed by atoms with E-state index in [4.69, 9.17) is 0 Å². The van der Waals surface area contributed by atoms with Crippen molar-refractivity contribution in [1.29, 1.82) is 0 Å². The van der Waals surface area contributed by atoms with Gasteiger partial charge in [-0.3, -0.25) is 4.79 Å². The van der Waals surface area contributed by atoms with Crippen LogP contribution in [0.3, 0.4) is 0 Å². The van der Waals surface area contributed by atoms with Crippen molar-refractivity contribution in [2.24, 2.45) is 5.41 Å². The molecule has 4 heteroatoms. The smallest absolute Gasteiger partial charge is 0.226 e. The molecule has 1 amide bonds. The summed E-state index contributed by atoms with van der Waals surface area (Å²) in [5, 5.41) is 6.72. The van der Waals surface area contributed by atoms with E-state index in [0.29, 0.717) is 0 Å². The minimum absolute atomic E-state index is 0.162. The highest BCUT2D eigenvalue weighted by molar-refractivity contribution is 7.99. The molecule has 0 radical (unpaired) electrons. The summed E-state index contributed by atoms with van der Waals surface area (Å²) in [6, 6.07) is 8.67. The van der Waals surface area contributed by atoms with Crippen LogP contribution in [0.4, 0.5) is 0 Å². The predicted octanol–water partition coefficient (Wildman–Crippen LogP) is 3.12. The SMILES string of the molecule is CCC1(C(=O)NC2CCSc3ccccc32)CCNCC1. The van der Waals surface area contributed by atoms with Gasteiger partial charge in [0.2, 0.25) is 5.91 Å². The highest BCUT2D eigenvalue weighted by Crippen LogP contribution is 2.38. The molecule has 1 aromatic carbocycles. The number of rotatable bonds is 3. The quantitative estimate of drug-likeness (QED) is 0.901. The third-order valence-electron chi connectivity index (χ3n) is 4.98. The van der Waals surface area contributed by atoms with Crippen LogP contribution in [-0.2, 0) is 4.79 Å². The van der Waals surface area contributed by atoms with E-state index in [-0.39, 0.29) is 17.4 Å². The van der Waals surface area contributed by atoms with Crippen LogP contribution < -0.4 is 10.6 Å². The van der Waals surface area contributed by atoms with Crippen LogP contribution in [0.5, 0.6) is 0 Å². The van der Waals surface area contributed by atoms with E-state index < -0.39 is 0 Å². The maximum Gasteiger partial charge on any atom is 0.226 e. The van der Waals surface area contributed by atoms with Gasteiger partial charge in [-0.25, -0.2) is 0 Å². The van der Waals surface area contributed by atoms with Crippen LogP contribution in [0.1, 0.15) is 44.2 Å². The van der Waals surface area contributed by atoms with Crippen LogP contribution in [0, 0.1) is 5.41 Å². The fourth-order valence-electron chi connectivity index (χ4n) is 3.45. The number of hydrogen-bond acceptors (Lipinski definition) is 3. The van der Waals surface area contributed by atoms with Gasteiger partial charge in [-0.05, 0) is 50.4 Å². The molecule has 1 unspecified atom stereocenters. The number of carbonyl (C=O) groups excluding carboxylic acids is 1. The van der Waals surface area contributed by atoms with Gasteiger partial charge in [-0.15, -0.1) is 11.8 Å². The average Bonchev–Trinajstić information content (AvgIpc) is 2.56. The number of benzene rings is 1. The van der Waals surface area contributed by atoms with Gasteiger partial charge in [-0.2, -0.15) is 0 Å². The van der Waals surface area contributed by atoms with E-state index in [1.165, 1.54) is 10.5 Å². The molecule has 1 aromatic rings. The molecule has 1 atom stereocenters. The number of amides is 1. The molecule has 0 bridgehead atoms. The maximum absolute atomic E-state index is 12.9. The molecule has 3 nitrogen and oxygen atoms in total. The van der Waals surface area contributed by atoms with Crippen LogP contribution in [0.15, 0.2) is 29.2 Å². The van der Waals surface area contributed by atoms with Gasteiger partial charge in [0.25, 0.3) is 0 Å². The zero-order valence-electron chi connectivity index (χ0n) is 12.7. The van der Waals surface area contributed by atoms with Gasteiger partial charge in [0.1, 0.15) is 0 Å². The largest absolute Gasteiger partial charge is 0.349 e. The molecule has 3 rings (SSSR count). The van der Waals surface area contributed by atoms with E-state index in [2.05, 4.69) is 41.8 Å². The lowest BCUT2D eigenvalue weighted by Gasteiger charge is -2.37. The molecule has 0 aromatic heterocycles. The molecular formula is C17H24N2OS. The third-order valence-corrected chi connectivity index (χ3v) is 6.11. The topological polar surface area (TPSA) is 41.1 Å². The van der Waals surface area contributed by atoms with E-state index >= 15 is 0 Å². The van der Waals surface area contributed by atoms with E-state index in [0.717, 1.165) is 44.5 Å². The summed E-state index contributed by atoms with van der Waals surface area (Å²) in [7, 11) is 0. The molecule has 2 heterocycles. The molecule has 21 heavy (non-hydrogen) atoms. The summed E-state index contributed by atoms with van der Waals surface area (Å²) in [6.45, 7) is 4.06. The summed E-state index contributed by atoms with van der Waals surface area (Å²) >= 11 is 1.90. The van der Waals surface area contributed by atoms with Gasteiger partial charge in [0.15, 0.2) is 0 Å². The molecule has 114 valence electrons. The van der Waals surface area contributed by atoms with Gasteiger partial charge in [0, 0.05) is 10.6 Å².